The topological polar surface area (TPSA) is 77.0 Å². The molecule has 1 aliphatic carbocycles. The van der Waals surface area contributed by atoms with E-state index >= 15 is 0 Å². The van der Waals surface area contributed by atoms with Gasteiger partial charge in [0.2, 0.25) is 5.95 Å². The Balaban J connectivity index is 1.35. The van der Waals surface area contributed by atoms with Crippen LogP contribution in [0.3, 0.4) is 0 Å². The molecule has 9 heteroatoms. The van der Waals surface area contributed by atoms with Gasteiger partial charge in [-0.15, -0.1) is 0 Å². The van der Waals surface area contributed by atoms with E-state index in [1.807, 2.05) is 65.8 Å². The van der Waals surface area contributed by atoms with Gasteiger partial charge in [-0.1, -0.05) is 0 Å². The van der Waals surface area contributed by atoms with E-state index < -0.39 is 12.7 Å². The van der Waals surface area contributed by atoms with E-state index in [-0.39, 0.29) is 17.3 Å². The van der Waals surface area contributed by atoms with Gasteiger partial charge in [-0.05, 0) is 80.1 Å². The zero-order valence-electron chi connectivity index (χ0n) is 21.3. The van der Waals surface area contributed by atoms with Crippen LogP contribution in [0.1, 0.15) is 74.1 Å². The first-order valence-electron chi connectivity index (χ1n) is 12.3. The van der Waals surface area contributed by atoms with Crippen LogP contribution in [0, 0.1) is 5.92 Å². The first-order valence-corrected chi connectivity index (χ1v) is 12.3. The average molecular weight is 458 g/mol. The second-order valence-electron chi connectivity index (χ2n) is 11.7. The SMILES string of the molecule is CC(C)(C)OC(=O)N1CCC(CN(c2ncc(B3OC(C)(C)C(C)(C)O3)cn2)C2CC2)CC1. The van der Waals surface area contributed by atoms with Gasteiger partial charge in [-0.2, -0.15) is 0 Å². The van der Waals surface area contributed by atoms with Crippen molar-refractivity contribution in [3.63, 3.8) is 0 Å². The maximum Gasteiger partial charge on any atom is 0.498 e. The summed E-state index contributed by atoms with van der Waals surface area (Å²) in [6.45, 7) is 16.3. The molecule has 0 radical (unpaired) electrons. The number of amides is 1. The molecule has 33 heavy (non-hydrogen) atoms. The van der Waals surface area contributed by atoms with Crippen molar-refractivity contribution in [3.8, 4) is 0 Å². The number of piperidine rings is 1. The Hall–Kier alpha value is -1.87. The van der Waals surface area contributed by atoms with E-state index in [0.29, 0.717) is 12.0 Å². The largest absolute Gasteiger partial charge is 0.498 e. The molecule has 1 saturated carbocycles. The predicted octanol–water partition coefficient (Wildman–Crippen LogP) is 3.39. The molecule has 0 aromatic carbocycles. The molecule has 0 atom stereocenters. The van der Waals surface area contributed by atoms with Crippen LogP contribution >= 0.6 is 0 Å². The smallest absolute Gasteiger partial charge is 0.444 e. The number of hydrogen-bond donors (Lipinski definition) is 0. The second kappa shape index (κ2) is 8.73. The third-order valence-corrected chi connectivity index (χ3v) is 7.15. The molecule has 1 aromatic heterocycles. The third kappa shape index (κ3) is 5.62. The van der Waals surface area contributed by atoms with Crippen molar-refractivity contribution in [2.75, 3.05) is 24.5 Å². The molecule has 3 heterocycles. The quantitative estimate of drug-likeness (QED) is 0.626. The minimum absolute atomic E-state index is 0.207. The molecule has 182 valence electrons. The number of hydrogen-bond acceptors (Lipinski definition) is 7. The first-order chi connectivity index (χ1) is 15.3. The maximum atomic E-state index is 12.4. The van der Waals surface area contributed by atoms with Gasteiger partial charge in [0.25, 0.3) is 0 Å². The summed E-state index contributed by atoms with van der Waals surface area (Å²) in [6, 6.07) is 0.511. The Bertz CT molecular complexity index is 827. The fourth-order valence-corrected chi connectivity index (χ4v) is 4.26. The molecular formula is C24H39BN4O4. The molecule has 0 spiro atoms. The molecule has 0 N–H and O–H groups in total. The number of nitrogens with zero attached hydrogens (tertiary/aromatic N) is 4. The van der Waals surface area contributed by atoms with Crippen LogP contribution in [0.25, 0.3) is 0 Å². The number of rotatable bonds is 5. The van der Waals surface area contributed by atoms with Gasteiger partial charge in [0.15, 0.2) is 0 Å². The van der Waals surface area contributed by atoms with Gasteiger partial charge in [-0.25, -0.2) is 14.8 Å². The number of anilines is 1. The highest BCUT2D eigenvalue weighted by molar-refractivity contribution is 6.61. The molecule has 8 nitrogen and oxygen atoms in total. The normalized spacial score (nSPS) is 23.0. The van der Waals surface area contributed by atoms with Crippen molar-refractivity contribution in [1.82, 2.24) is 14.9 Å². The zero-order chi connectivity index (χ0) is 24.0. The highest BCUT2D eigenvalue weighted by atomic mass is 16.7. The lowest BCUT2D eigenvalue weighted by atomic mass is 9.81. The molecule has 3 fully saturated rings. The zero-order valence-corrected chi connectivity index (χ0v) is 21.3. The van der Waals surface area contributed by atoms with Crippen molar-refractivity contribution in [1.29, 1.82) is 0 Å². The molecule has 2 aliphatic heterocycles. The van der Waals surface area contributed by atoms with Crippen molar-refractivity contribution < 1.29 is 18.8 Å². The summed E-state index contributed by atoms with van der Waals surface area (Å²) >= 11 is 0. The summed E-state index contributed by atoms with van der Waals surface area (Å²) < 4.78 is 17.8. The highest BCUT2D eigenvalue weighted by Crippen LogP contribution is 2.36. The molecule has 1 amide bonds. The lowest BCUT2D eigenvalue weighted by Crippen LogP contribution is -2.44. The Morgan fingerprint density at radius 1 is 1.09 bits per heavy atom. The van der Waals surface area contributed by atoms with Crippen LogP contribution in [0.15, 0.2) is 12.4 Å². The first kappa shape index (κ1) is 24.3. The monoisotopic (exact) mass is 458 g/mol. The fourth-order valence-electron chi connectivity index (χ4n) is 4.26. The lowest BCUT2D eigenvalue weighted by molar-refractivity contribution is 0.00578. The molecule has 0 unspecified atom stereocenters. The van der Waals surface area contributed by atoms with E-state index in [1.165, 1.54) is 12.8 Å². The van der Waals surface area contributed by atoms with Gasteiger partial charge in [0.1, 0.15) is 5.60 Å². The van der Waals surface area contributed by atoms with Crippen LogP contribution in [0.5, 0.6) is 0 Å². The van der Waals surface area contributed by atoms with Crippen LogP contribution in [-0.4, -0.2) is 70.6 Å². The molecule has 0 bridgehead atoms. The number of likely N-dealkylation sites (tertiary alicyclic amines) is 1. The van der Waals surface area contributed by atoms with E-state index in [4.69, 9.17) is 24.0 Å². The second-order valence-corrected chi connectivity index (χ2v) is 11.7. The third-order valence-electron chi connectivity index (χ3n) is 7.15. The van der Waals surface area contributed by atoms with Crippen molar-refractivity contribution >= 4 is 24.6 Å². The summed E-state index contributed by atoms with van der Waals surface area (Å²) in [6.07, 6.45) is 7.76. The number of carbonyl (C=O) groups is 1. The van der Waals surface area contributed by atoms with Gasteiger partial charge >= 0.3 is 13.2 Å². The maximum absolute atomic E-state index is 12.4. The van der Waals surface area contributed by atoms with Gasteiger partial charge in [0.05, 0.1) is 11.2 Å². The molecule has 1 aromatic rings. The van der Waals surface area contributed by atoms with Crippen molar-refractivity contribution in [2.24, 2.45) is 5.92 Å². The van der Waals surface area contributed by atoms with E-state index in [2.05, 4.69) is 4.90 Å². The minimum Gasteiger partial charge on any atom is -0.444 e. The van der Waals surface area contributed by atoms with Crippen molar-refractivity contribution in [2.45, 2.75) is 97.0 Å². The van der Waals surface area contributed by atoms with Gasteiger partial charge < -0.3 is 23.8 Å². The van der Waals surface area contributed by atoms with Crippen LogP contribution in [0.4, 0.5) is 10.7 Å². The van der Waals surface area contributed by atoms with Gasteiger partial charge in [-0.3, -0.25) is 0 Å². The molecule has 3 aliphatic rings. The Labute approximate surface area is 198 Å². The van der Waals surface area contributed by atoms with Crippen LogP contribution in [-0.2, 0) is 14.0 Å². The van der Waals surface area contributed by atoms with Crippen LogP contribution < -0.4 is 10.4 Å². The van der Waals surface area contributed by atoms with E-state index in [9.17, 15) is 4.79 Å². The van der Waals surface area contributed by atoms with Crippen molar-refractivity contribution in [3.05, 3.63) is 12.4 Å². The standard InChI is InChI=1S/C24H39BN4O4/c1-22(2,3)31-21(30)28-12-10-17(11-13-28)16-29(19-8-9-19)20-26-14-18(15-27-20)25-32-23(4,5)24(6,7)33-25/h14-15,17,19H,8-13,16H2,1-7H3. The van der Waals surface area contributed by atoms with E-state index in [1.54, 1.807) is 0 Å². The minimum atomic E-state index is -0.458. The Morgan fingerprint density at radius 2 is 1.64 bits per heavy atom. The number of aromatic nitrogens is 2. The fraction of sp³-hybridized carbons (Fsp3) is 0.792. The lowest BCUT2D eigenvalue weighted by Gasteiger charge is -2.35. The predicted molar refractivity (Wildman–Crippen MR) is 129 cm³/mol. The summed E-state index contributed by atoms with van der Waals surface area (Å²) in [5, 5.41) is 0. The number of carbonyl (C=O) groups excluding carboxylic acids is 1. The van der Waals surface area contributed by atoms with Crippen LogP contribution in [0.2, 0.25) is 0 Å². The Morgan fingerprint density at radius 3 is 2.12 bits per heavy atom. The van der Waals surface area contributed by atoms with E-state index in [0.717, 1.165) is 43.9 Å². The summed E-state index contributed by atoms with van der Waals surface area (Å²) in [5.41, 5.74) is -0.381. The van der Waals surface area contributed by atoms with Gasteiger partial charge in [0, 0.05) is 43.5 Å². The molecular weight excluding hydrogens is 419 g/mol. The Kier molecular flexibility index (Phi) is 6.42. The average Bonchev–Trinajstić information content (AvgIpc) is 3.52. The number of ether oxygens (including phenoxy) is 1. The molecule has 4 rings (SSSR count). The summed E-state index contributed by atoms with van der Waals surface area (Å²) in [5.74, 6) is 1.28. The summed E-state index contributed by atoms with van der Waals surface area (Å²) in [4.78, 5) is 25.9. The highest BCUT2D eigenvalue weighted by Gasteiger charge is 2.52. The molecule has 2 saturated heterocycles. The summed E-state index contributed by atoms with van der Waals surface area (Å²) in [7, 11) is -0.449.